The Balaban J connectivity index is 1.83. The summed E-state index contributed by atoms with van der Waals surface area (Å²) in [6, 6.07) is 3.83. The molecule has 0 aliphatic carbocycles. The minimum absolute atomic E-state index is 0.118. The Bertz CT molecular complexity index is 932. The van der Waals surface area contributed by atoms with Crippen LogP contribution in [0.2, 0.25) is 0 Å². The molecule has 3 amide bonds. The molecule has 0 fully saturated rings. The van der Waals surface area contributed by atoms with Crippen molar-refractivity contribution >= 4 is 23.9 Å². The van der Waals surface area contributed by atoms with Gasteiger partial charge in [-0.2, -0.15) is 0 Å². The van der Waals surface area contributed by atoms with Gasteiger partial charge < -0.3 is 26.6 Å². The van der Waals surface area contributed by atoms with Gasteiger partial charge in [-0.1, -0.05) is 20.4 Å². The number of carbonyl (C=O) groups excluding carboxylic acids is 3. The van der Waals surface area contributed by atoms with E-state index >= 15 is 0 Å². The maximum absolute atomic E-state index is 12.9. The van der Waals surface area contributed by atoms with Crippen LogP contribution in [0.4, 0.5) is 0 Å². The highest BCUT2D eigenvalue weighted by Gasteiger charge is 2.21. The van der Waals surface area contributed by atoms with E-state index in [1.54, 1.807) is 18.6 Å². The lowest BCUT2D eigenvalue weighted by atomic mass is 10.1. The summed E-state index contributed by atoms with van der Waals surface area (Å²) in [6.07, 6.45) is 8.88. The average molecular weight is 499 g/mol. The summed E-state index contributed by atoms with van der Waals surface area (Å²) in [5.74, 6) is -0.313. The molecular formula is C25H38N8O3. The van der Waals surface area contributed by atoms with Crippen LogP contribution in [-0.2, 0) is 20.8 Å². The van der Waals surface area contributed by atoms with Gasteiger partial charge in [0.05, 0.1) is 12.1 Å². The van der Waals surface area contributed by atoms with E-state index in [0.29, 0.717) is 43.9 Å². The lowest BCUT2D eigenvalue weighted by molar-refractivity contribution is -0.124. The molecule has 11 nitrogen and oxygen atoms in total. The Morgan fingerprint density at radius 3 is 2.61 bits per heavy atom. The first-order valence-corrected chi connectivity index (χ1v) is 12.3. The van der Waals surface area contributed by atoms with Gasteiger partial charge in [-0.3, -0.25) is 29.7 Å². The molecular weight excluding hydrogens is 460 g/mol. The fourth-order valence-corrected chi connectivity index (χ4v) is 3.39. The van der Waals surface area contributed by atoms with Crippen LogP contribution < -0.4 is 31.9 Å². The number of aliphatic imine (C=N–C) groups is 1. The summed E-state index contributed by atoms with van der Waals surface area (Å²) in [5.41, 5.74) is 1.61. The average Bonchev–Trinajstić information content (AvgIpc) is 2.90. The summed E-state index contributed by atoms with van der Waals surface area (Å²) in [6.45, 7) is 9.03. The summed E-state index contributed by atoms with van der Waals surface area (Å²) in [7, 11) is 0. The normalized spacial score (nSPS) is 15.4. The first-order chi connectivity index (χ1) is 17.5. The molecule has 0 saturated carbocycles. The largest absolute Gasteiger partial charge is 0.371 e. The van der Waals surface area contributed by atoms with Gasteiger partial charge in [0.1, 0.15) is 5.82 Å². The van der Waals surface area contributed by atoms with E-state index in [0.717, 1.165) is 18.9 Å². The van der Waals surface area contributed by atoms with Crippen LogP contribution >= 0.6 is 0 Å². The van der Waals surface area contributed by atoms with Gasteiger partial charge in [0.15, 0.2) is 6.29 Å². The Labute approximate surface area is 212 Å². The van der Waals surface area contributed by atoms with Gasteiger partial charge in [0.2, 0.25) is 11.8 Å². The van der Waals surface area contributed by atoms with Gasteiger partial charge in [0.25, 0.3) is 5.91 Å². The minimum atomic E-state index is -0.403. The molecule has 2 heterocycles. The van der Waals surface area contributed by atoms with Crippen LogP contribution in [0.1, 0.15) is 38.7 Å². The molecule has 1 aliphatic heterocycles. The molecule has 2 atom stereocenters. The first-order valence-electron chi connectivity index (χ1n) is 12.3. The monoisotopic (exact) mass is 498 g/mol. The molecule has 2 unspecified atom stereocenters. The number of nitrogens with zero attached hydrogens (tertiary/aromatic N) is 2. The molecule has 1 aliphatic rings. The van der Waals surface area contributed by atoms with Gasteiger partial charge in [0, 0.05) is 44.3 Å². The van der Waals surface area contributed by atoms with Gasteiger partial charge >= 0.3 is 0 Å². The van der Waals surface area contributed by atoms with Crippen molar-refractivity contribution in [2.75, 3.05) is 26.2 Å². The summed E-state index contributed by atoms with van der Waals surface area (Å²) < 4.78 is 0. The van der Waals surface area contributed by atoms with Crippen molar-refractivity contribution in [3.05, 3.63) is 54.1 Å². The zero-order valence-electron chi connectivity index (χ0n) is 21.1. The molecule has 36 heavy (non-hydrogen) atoms. The standard InChI is InChI=1S/C25H38N8O3/c1-4-11-27-23-20(16-31-25(33-23)29-14-9-18-7-12-26-13-8-18)24(36)28-15-10-19(5-2)32-22(35)17-30-21(34)6-3/h6-8,12-13,16,19,25,27,29,33H,3-5,9-11,14-15,17H2,1-2H3,(H,28,36)(H,30,34)(H,32,35). The van der Waals surface area contributed by atoms with Crippen LogP contribution in [0.5, 0.6) is 0 Å². The minimum Gasteiger partial charge on any atom is -0.371 e. The van der Waals surface area contributed by atoms with Gasteiger partial charge in [-0.15, -0.1) is 0 Å². The third-order valence-electron chi connectivity index (χ3n) is 5.45. The van der Waals surface area contributed by atoms with Crippen LogP contribution in [0, 0.1) is 0 Å². The fraction of sp³-hybridized carbons (Fsp3) is 0.480. The lowest BCUT2D eigenvalue weighted by Gasteiger charge is -2.26. The van der Waals surface area contributed by atoms with E-state index in [2.05, 4.69) is 55.4 Å². The molecule has 0 spiro atoms. The Morgan fingerprint density at radius 2 is 1.92 bits per heavy atom. The van der Waals surface area contributed by atoms with Crippen LogP contribution in [0.15, 0.2) is 53.6 Å². The second-order valence-corrected chi connectivity index (χ2v) is 8.24. The number of pyridine rings is 1. The molecule has 196 valence electrons. The molecule has 0 aromatic carbocycles. The molecule has 1 aromatic heterocycles. The third kappa shape index (κ3) is 10.3. The Hall–Kier alpha value is -3.73. The summed E-state index contributed by atoms with van der Waals surface area (Å²) >= 11 is 0. The number of aromatic nitrogens is 1. The van der Waals surface area contributed by atoms with Crippen molar-refractivity contribution in [3.63, 3.8) is 0 Å². The van der Waals surface area contributed by atoms with E-state index in [1.165, 1.54) is 5.56 Å². The first kappa shape index (κ1) is 28.5. The number of amides is 3. The predicted octanol–water partition coefficient (Wildman–Crippen LogP) is 0.0858. The van der Waals surface area contributed by atoms with Gasteiger partial charge in [-0.05, 0) is 49.5 Å². The third-order valence-corrected chi connectivity index (χ3v) is 5.45. The van der Waals surface area contributed by atoms with Crippen LogP contribution in [0.25, 0.3) is 0 Å². The lowest BCUT2D eigenvalue weighted by Crippen LogP contribution is -2.48. The molecule has 2 rings (SSSR count). The van der Waals surface area contributed by atoms with Crippen LogP contribution in [-0.4, -0.2) is 67.4 Å². The SMILES string of the molecule is C=CC(=O)NCC(=O)NC(CC)CCNC(=O)C1=C(NCCC)NC(NCCc2ccncc2)N=C1. The van der Waals surface area contributed by atoms with Crippen LogP contribution in [0.3, 0.4) is 0 Å². The number of hydrogen-bond donors (Lipinski definition) is 6. The zero-order chi connectivity index (χ0) is 26.2. The maximum atomic E-state index is 12.9. The van der Waals surface area contributed by atoms with Crippen molar-refractivity contribution in [2.24, 2.45) is 4.99 Å². The van der Waals surface area contributed by atoms with E-state index in [1.807, 2.05) is 19.1 Å². The second-order valence-electron chi connectivity index (χ2n) is 8.24. The number of rotatable bonds is 16. The van der Waals surface area contributed by atoms with E-state index in [4.69, 9.17) is 0 Å². The van der Waals surface area contributed by atoms with Gasteiger partial charge in [-0.25, -0.2) is 0 Å². The predicted molar refractivity (Wildman–Crippen MR) is 140 cm³/mol. The maximum Gasteiger partial charge on any atom is 0.256 e. The highest BCUT2D eigenvalue weighted by atomic mass is 16.2. The molecule has 6 N–H and O–H groups in total. The number of nitrogens with one attached hydrogen (secondary N) is 6. The van der Waals surface area contributed by atoms with Crippen molar-refractivity contribution < 1.29 is 14.4 Å². The van der Waals surface area contributed by atoms with Crippen molar-refractivity contribution in [2.45, 2.75) is 51.9 Å². The quantitative estimate of drug-likeness (QED) is 0.177. The van der Waals surface area contributed by atoms with E-state index in [9.17, 15) is 14.4 Å². The summed E-state index contributed by atoms with van der Waals surface area (Å²) in [5, 5.41) is 18.1. The smallest absolute Gasteiger partial charge is 0.256 e. The van der Waals surface area contributed by atoms with E-state index < -0.39 is 5.91 Å². The molecule has 0 radical (unpaired) electrons. The Kier molecular flexibility index (Phi) is 12.7. The highest BCUT2D eigenvalue weighted by Crippen LogP contribution is 2.06. The second kappa shape index (κ2) is 16.0. The Morgan fingerprint density at radius 1 is 1.14 bits per heavy atom. The molecule has 11 heteroatoms. The zero-order valence-corrected chi connectivity index (χ0v) is 21.1. The molecule has 0 bridgehead atoms. The van der Waals surface area contributed by atoms with E-state index in [-0.39, 0.29) is 30.7 Å². The molecule has 1 aromatic rings. The molecule has 0 saturated heterocycles. The fourth-order valence-electron chi connectivity index (χ4n) is 3.39. The van der Waals surface area contributed by atoms with Crippen molar-refractivity contribution in [1.29, 1.82) is 0 Å². The number of carbonyl (C=O) groups is 3. The highest BCUT2D eigenvalue weighted by molar-refractivity contribution is 6.13. The number of hydrogen-bond acceptors (Lipinski definition) is 8. The topological polar surface area (TPSA) is 149 Å². The summed E-state index contributed by atoms with van der Waals surface area (Å²) in [4.78, 5) is 44.6. The van der Waals surface area contributed by atoms with Crippen molar-refractivity contribution in [1.82, 2.24) is 36.9 Å². The van der Waals surface area contributed by atoms with Crippen molar-refractivity contribution in [3.8, 4) is 0 Å².